The van der Waals surface area contributed by atoms with Crippen LogP contribution in [0.1, 0.15) is 28.9 Å². The molecule has 0 radical (unpaired) electrons. The van der Waals surface area contributed by atoms with E-state index in [2.05, 4.69) is 35.3 Å². The molecule has 4 heteroatoms. The monoisotopic (exact) mass is 285 g/mol. The molecule has 1 aromatic heterocycles. The highest BCUT2D eigenvalue weighted by molar-refractivity contribution is 5.98. The van der Waals surface area contributed by atoms with Crippen molar-refractivity contribution in [2.24, 2.45) is 7.05 Å². The standard InChI is InChI=1S/C17H23N3O/c1-13-5-6-15-14(11-13)12-16(19(15)2)17(21)18-7-10-20-8-3-4-9-20/h5-6,11-12H,3-4,7-10H2,1-2H3,(H,18,21). The Hall–Kier alpha value is -1.81. The summed E-state index contributed by atoms with van der Waals surface area (Å²) in [6.07, 6.45) is 2.58. The van der Waals surface area contributed by atoms with Gasteiger partial charge in [0.2, 0.25) is 0 Å². The third kappa shape index (κ3) is 2.95. The number of nitrogens with one attached hydrogen (secondary N) is 1. The summed E-state index contributed by atoms with van der Waals surface area (Å²) in [5.74, 6) is 0.0190. The second kappa shape index (κ2) is 5.90. The van der Waals surface area contributed by atoms with Gasteiger partial charge in [-0.3, -0.25) is 4.79 Å². The SMILES string of the molecule is Cc1ccc2c(c1)cc(C(=O)NCCN1CCCC1)n2C. The van der Waals surface area contributed by atoms with Gasteiger partial charge in [0.05, 0.1) is 0 Å². The number of fused-ring (bicyclic) bond motifs is 1. The van der Waals surface area contributed by atoms with Gasteiger partial charge >= 0.3 is 0 Å². The number of hydrogen-bond acceptors (Lipinski definition) is 2. The Morgan fingerprint density at radius 2 is 2.00 bits per heavy atom. The molecule has 0 saturated carbocycles. The molecule has 0 aliphatic carbocycles. The van der Waals surface area contributed by atoms with Crippen molar-refractivity contribution in [3.8, 4) is 0 Å². The number of aryl methyl sites for hydroxylation is 2. The van der Waals surface area contributed by atoms with Crippen molar-refractivity contribution in [1.82, 2.24) is 14.8 Å². The second-order valence-electron chi connectivity index (χ2n) is 5.96. The van der Waals surface area contributed by atoms with Crippen LogP contribution in [-0.2, 0) is 7.05 Å². The van der Waals surface area contributed by atoms with E-state index in [1.807, 2.05) is 17.7 Å². The molecule has 0 spiro atoms. The predicted octanol–water partition coefficient (Wildman–Crippen LogP) is 2.31. The van der Waals surface area contributed by atoms with Crippen LogP contribution in [0, 0.1) is 6.92 Å². The van der Waals surface area contributed by atoms with Gasteiger partial charge in [0, 0.05) is 31.0 Å². The van der Waals surface area contributed by atoms with Crippen LogP contribution >= 0.6 is 0 Å². The van der Waals surface area contributed by atoms with Gasteiger partial charge in [0.15, 0.2) is 0 Å². The number of nitrogens with zero attached hydrogens (tertiary/aromatic N) is 2. The molecular weight excluding hydrogens is 262 g/mol. The van der Waals surface area contributed by atoms with Crippen molar-refractivity contribution in [2.45, 2.75) is 19.8 Å². The molecule has 0 bridgehead atoms. The molecule has 1 aromatic carbocycles. The molecule has 0 atom stereocenters. The number of aromatic nitrogens is 1. The number of likely N-dealkylation sites (tertiary alicyclic amines) is 1. The molecule has 1 saturated heterocycles. The first-order valence-corrected chi connectivity index (χ1v) is 7.72. The van der Waals surface area contributed by atoms with Gasteiger partial charge in [-0.05, 0) is 51.1 Å². The van der Waals surface area contributed by atoms with Gasteiger partial charge < -0.3 is 14.8 Å². The smallest absolute Gasteiger partial charge is 0.267 e. The van der Waals surface area contributed by atoms with Crippen LogP contribution in [0.3, 0.4) is 0 Å². The quantitative estimate of drug-likeness (QED) is 0.936. The van der Waals surface area contributed by atoms with Crippen molar-refractivity contribution in [3.05, 3.63) is 35.5 Å². The maximum atomic E-state index is 12.3. The summed E-state index contributed by atoms with van der Waals surface area (Å²) >= 11 is 0. The van der Waals surface area contributed by atoms with E-state index >= 15 is 0 Å². The molecule has 112 valence electrons. The Morgan fingerprint density at radius 1 is 1.24 bits per heavy atom. The molecule has 1 aliphatic heterocycles. The second-order valence-corrected chi connectivity index (χ2v) is 5.96. The molecule has 2 heterocycles. The van der Waals surface area contributed by atoms with Gasteiger partial charge in [-0.15, -0.1) is 0 Å². The fourth-order valence-electron chi connectivity index (χ4n) is 3.11. The van der Waals surface area contributed by atoms with E-state index in [0.29, 0.717) is 0 Å². The van der Waals surface area contributed by atoms with Crippen LogP contribution in [0.25, 0.3) is 10.9 Å². The summed E-state index contributed by atoms with van der Waals surface area (Å²) in [4.78, 5) is 14.8. The van der Waals surface area contributed by atoms with E-state index in [4.69, 9.17) is 0 Å². The first-order chi connectivity index (χ1) is 10.1. The summed E-state index contributed by atoms with van der Waals surface area (Å²) < 4.78 is 1.97. The lowest BCUT2D eigenvalue weighted by molar-refractivity contribution is 0.0942. The molecule has 1 aliphatic rings. The van der Waals surface area contributed by atoms with Crippen molar-refractivity contribution in [2.75, 3.05) is 26.2 Å². The molecule has 0 unspecified atom stereocenters. The zero-order valence-corrected chi connectivity index (χ0v) is 12.9. The van der Waals surface area contributed by atoms with E-state index in [1.165, 1.54) is 31.5 Å². The highest BCUT2D eigenvalue weighted by Gasteiger charge is 2.14. The lowest BCUT2D eigenvalue weighted by atomic mass is 10.2. The topological polar surface area (TPSA) is 37.3 Å². The highest BCUT2D eigenvalue weighted by Crippen LogP contribution is 2.20. The molecule has 1 amide bonds. The Labute approximate surface area is 125 Å². The van der Waals surface area contributed by atoms with E-state index in [0.717, 1.165) is 29.7 Å². The molecular formula is C17H23N3O. The minimum absolute atomic E-state index is 0.0190. The van der Waals surface area contributed by atoms with Gasteiger partial charge in [0.25, 0.3) is 5.91 Å². The summed E-state index contributed by atoms with van der Waals surface area (Å²) in [6, 6.07) is 8.26. The molecule has 1 fully saturated rings. The Bertz CT molecular complexity index is 653. The Kier molecular flexibility index (Phi) is 3.97. The van der Waals surface area contributed by atoms with Gasteiger partial charge in [-0.1, -0.05) is 11.6 Å². The maximum Gasteiger partial charge on any atom is 0.267 e. The van der Waals surface area contributed by atoms with Crippen molar-refractivity contribution >= 4 is 16.8 Å². The minimum atomic E-state index is 0.0190. The number of amides is 1. The van der Waals surface area contributed by atoms with Crippen LogP contribution in [0.2, 0.25) is 0 Å². The first-order valence-electron chi connectivity index (χ1n) is 7.72. The third-order valence-corrected chi connectivity index (χ3v) is 4.34. The lowest BCUT2D eigenvalue weighted by Crippen LogP contribution is -2.34. The highest BCUT2D eigenvalue weighted by atomic mass is 16.1. The Morgan fingerprint density at radius 3 is 2.76 bits per heavy atom. The number of rotatable bonds is 4. The summed E-state index contributed by atoms with van der Waals surface area (Å²) in [6.45, 7) is 6.09. The average Bonchev–Trinajstić information content (AvgIpc) is 3.07. The van der Waals surface area contributed by atoms with Gasteiger partial charge in [0.1, 0.15) is 5.69 Å². The van der Waals surface area contributed by atoms with E-state index < -0.39 is 0 Å². The molecule has 1 N–H and O–H groups in total. The van der Waals surface area contributed by atoms with Crippen LogP contribution < -0.4 is 5.32 Å². The molecule has 2 aromatic rings. The fourth-order valence-corrected chi connectivity index (χ4v) is 3.11. The summed E-state index contributed by atoms with van der Waals surface area (Å²) in [5, 5.41) is 4.17. The van der Waals surface area contributed by atoms with Crippen LogP contribution in [0.5, 0.6) is 0 Å². The number of carbonyl (C=O) groups is 1. The Balaban J connectivity index is 1.67. The first kappa shape index (κ1) is 14.1. The van der Waals surface area contributed by atoms with Crippen LogP contribution in [0.15, 0.2) is 24.3 Å². The number of carbonyl (C=O) groups excluding carboxylic acids is 1. The summed E-state index contributed by atoms with van der Waals surface area (Å²) in [5.41, 5.74) is 3.05. The zero-order chi connectivity index (χ0) is 14.8. The van der Waals surface area contributed by atoms with Crippen LogP contribution in [0.4, 0.5) is 0 Å². The van der Waals surface area contributed by atoms with E-state index in [-0.39, 0.29) is 5.91 Å². The predicted molar refractivity (Wildman–Crippen MR) is 85.7 cm³/mol. The maximum absolute atomic E-state index is 12.3. The number of benzene rings is 1. The zero-order valence-electron chi connectivity index (χ0n) is 12.9. The normalized spacial score (nSPS) is 15.7. The van der Waals surface area contributed by atoms with Crippen molar-refractivity contribution < 1.29 is 4.79 Å². The molecule has 4 nitrogen and oxygen atoms in total. The average molecular weight is 285 g/mol. The van der Waals surface area contributed by atoms with Crippen molar-refractivity contribution in [1.29, 1.82) is 0 Å². The lowest BCUT2D eigenvalue weighted by Gasteiger charge is -2.14. The largest absolute Gasteiger partial charge is 0.349 e. The van der Waals surface area contributed by atoms with Crippen molar-refractivity contribution in [3.63, 3.8) is 0 Å². The molecule has 3 rings (SSSR count). The minimum Gasteiger partial charge on any atom is -0.349 e. The van der Waals surface area contributed by atoms with E-state index in [9.17, 15) is 4.79 Å². The van der Waals surface area contributed by atoms with Gasteiger partial charge in [-0.2, -0.15) is 0 Å². The van der Waals surface area contributed by atoms with E-state index in [1.54, 1.807) is 0 Å². The molecule has 21 heavy (non-hydrogen) atoms. The van der Waals surface area contributed by atoms with Crippen LogP contribution in [-0.4, -0.2) is 41.6 Å². The van der Waals surface area contributed by atoms with Gasteiger partial charge in [-0.25, -0.2) is 0 Å². The number of hydrogen-bond donors (Lipinski definition) is 1. The summed E-state index contributed by atoms with van der Waals surface area (Å²) in [7, 11) is 1.95. The third-order valence-electron chi connectivity index (χ3n) is 4.34. The fraction of sp³-hybridized carbons (Fsp3) is 0.471.